The third-order valence-corrected chi connectivity index (χ3v) is 3.60. The Morgan fingerprint density at radius 2 is 2.00 bits per heavy atom. The summed E-state index contributed by atoms with van der Waals surface area (Å²) >= 11 is 0. The molecule has 1 aromatic carbocycles. The average molecular weight is 329 g/mol. The molecule has 24 heavy (non-hydrogen) atoms. The van der Waals surface area contributed by atoms with Gasteiger partial charge in [-0.1, -0.05) is 17.7 Å². The number of carbonyl (C=O) groups is 2. The summed E-state index contributed by atoms with van der Waals surface area (Å²) in [4.78, 5) is 24.2. The Morgan fingerprint density at radius 1 is 1.25 bits per heavy atom. The second-order valence-electron chi connectivity index (χ2n) is 5.59. The zero-order valence-corrected chi connectivity index (χ0v) is 14.2. The van der Waals surface area contributed by atoms with Crippen molar-refractivity contribution in [3.63, 3.8) is 0 Å². The van der Waals surface area contributed by atoms with Crippen molar-refractivity contribution in [3.05, 3.63) is 53.3 Å². The van der Waals surface area contributed by atoms with Gasteiger partial charge in [-0.05, 0) is 26.1 Å². The predicted molar refractivity (Wildman–Crippen MR) is 91.5 cm³/mol. The minimum atomic E-state index is -0.467. The summed E-state index contributed by atoms with van der Waals surface area (Å²) in [5.74, 6) is -0.305. The highest BCUT2D eigenvalue weighted by Gasteiger charge is 2.19. The number of aromatic nitrogens is 2. The fraction of sp³-hybridized carbons (Fsp3) is 0.353. The Balaban J connectivity index is 1.79. The lowest BCUT2D eigenvalue weighted by molar-refractivity contribution is -0.123. The Kier molecular flexibility index (Phi) is 6.08. The maximum absolute atomic E-state index is 12.2. The van der Waals surface area contributed by atoms with Crippen LogP contribution in [0.2, 0.25) is 0 Å². The van der Waals surface area contributed by atoms with E-state index in [0.717, 1.165) is 11.1 Å². The first-order valence-electron chi connectivity index (χ1n) is 7.79. The molecule has 1 aromatic heterocycles. The van der Waals surface area contributed by atoms with Crippen molar-refractivity contribution in [2.45, 2.75) is 13.0 Å². The molecule has 0 spiro atoms. The molecule has 7 heteroatoms. The van der Waals surface area contributed by atoms with Crippen LogP contribution in [0.5, 0.6) is 0 Å². The van der Waals surface area contributed by atoms with Gasteiger partial charge in [0.15, 0.2) is 0 Å². The largest absolute Gasteiger partial charge is 0.353 e. The van der Waals surface area contributed by atoms with Gasteiger partial charge in [0.1, 0.15) is 6.04 Å². The lowest BCUT2D eigenvalue weighted by Gasteiger charge is -2.14. The molecule has 128 valence electrons. The van der Waals surface area contributed by atoms with Crippen LogP contribution in [0.25, 0.3) is 0 Å². The van der Waals surface area contributed by atoms with Crippen LogP contribution in [0.1, 0.15) is 27.5 Å². The van der Waals surface area contributed by atoms with Crippen LogP contribution in [0.15, 0.2) is 36.7 Å². The Bertz CT molecular complexity index is 711. The molecular weight excluding hydrogens is 306 g/mol. The van der Waals surface area contributed by atoms with Gasteiger partial charge in [0, 0.05) is 37.5 Å². The van der Waals surface area contributed by atoms with Crippen molar-refractivity contribution in [2.75, 3.05) is 20.1 Å². The lowest BCUT2D eigenvalue weighted by atomic mass is 10.1. The molecule has 0 aliphatic heterocycles. The number of nitrogens with zero attached hydrogens (tertiary/aromatic N) is 2. The van der Waals surface area contributed by atoms with Gasteiger partial charge in [-0.3, -0.25) is 14.3 Å². The molecule has 3 N–H and O–H groups in total. The highest BCUT2D eigenvalue weighted by molar-refractivity contribution is 5.94. The summed E-state index contributed by atoms with van der Waals surface area (Å²) in [6, 6.07) is 6.91. The molecule has 2 amide bonds. The molecule has 0 aliphatic rings. The number of aryl methyl sites for hydroxylation is 2. The fourth-order valence-corrected chi connectivity index (χ4v) is 2.39. The van der Waals surface area contributed by atoms with Gasteiger partial charge in [-0.15, -0.1) is 0 Å². The van der Waals surface area contributed by atoms with Crippen LogP contribution in [0, 0.1) is 6.92 Å². The van der Waals surface area contributed by atoms with Gasteiger partial charge in [0.2, 0.25) is 5.91 Å². The van der Waals surface area contributed by atoms with Gasteiger partial charge < -0.3 is 16.0 Å². The molecule has 0 saturated heterocycles. The van der Waals surface area contributed by atoms with E-state index in [0.29, 0.717) is 18.7 Å². The normalized spacial score (nSPS) is 11.8. The number of likely N-dealkylation sites (N-methyl/N-ethyl adjacent to an activating group) is 1. The molecule has 7 nitrogen and oxygen atoms in total. The Morgan fingerprint density at radius 3 is 2.62 bits per heavy atom. The first kappa shape index (κ1) is 17.7. The van der Waals surface area contributed by atoms with Crippen molar-refractivity contribution in [2.24, 2.45) is 7.05 Å². The zero-order chi connectivity index (χ0) is 17.5. The molecule has 0 fully saturated rings. The van der Waals surface area contributed by atoms with Crippen LogP contribution >= 0.6 is 0 Å². The van der Waals surface area contributed by atoms with Crippen molar-refractivity contribution in [3.8, 4) is 0 Å². The van der Waals surface area contributed by atoms with E-state index in [1.54, 1.807) is 37.2 Å². The summed E-state index contributed by atoms with van der Waals surface area (Å²) in [5, 5.41) is 12.6. The Hall–Kier alpha value is -2.67. The average Bonchev–Trinajstić information content (AvgIpc) is 2.98. The van der Waals surface area contributed by atoms with Crippen LogP contribution in [0.4, 0.5) is 0 Å². The zero-order valence-electron chi connectivity index (χ0n) is 14.2. The van der Waals surface area contributed by atoms with E-state index in [1.807, 2.05) is 25.1 Å². The minimum Gasteiger partial charge on any atom is -0.353 e. The number of benzene rings is 1. The van der Waals surface area contributed by atoms with E-state index in [2.05, 4.69) is 21.0 Å². The van der Waals surface area contributed by atoms with Gasteiger partial charge in [-0.25, -0.2) is 0 Å². The van der Waals surface area contributed by atoms with Gasteiger partial charge >= 0.3 is 0 Å². The highest BCUT2D eigenvalue weighted by atomic mass is 16.2. The minimum absolute atomic E-state index is 0.148. The fourth-order valence-electron chi connectivity index (χ4n) is 2.39. The molecule has 1 atom stereocenters. The number of nitrogens with one attached hydrogen (secondary N) is 3. The topological polar surface area (TPSA) is 88.1 Å². The van der Waals surface area contributed by atoms with Gasteiger partial charge in [0.25, 0.3) is 5.91 Å². The van der Waals surface area contributed by atoms with Crippen LogP contribution in [-0.2, 0) is 11.8 Å². The summed E-state index contributed by atoms with van der Waals surface area (Å²) in [6.45, 7) is 2.66. The van der Waals surface area contributed by atoms with E-state index >= 15 is 0 Å². The second-order valence-corrected chi connectivity index (χ2v) is 5.59. The molecule has 2 aromatic rings. The van der Waals surface area contributed by atoms with Crippen LogP contribution < -0.4 is 16.0 Å². The molecule has 2 rings (SSSR count). The molecule has 0 radical (unpaired) electrons. The number of hydrogen-bond donors (Lipinski definition) is 3. The van der Waals surface area contributed by atoms with Crippen LogP contribution in [0.3, 0.4) is 0 Å². The van der Waals surface area contributed by atoms with E-state index < -0.39 is 6.04 Å². The predicted octanol–water partition coefficient (Wildman–Crippen LogP) is 0.535. The summed E-state index contributed by atoms with van der Waals surface area (Å²) in [5.41, 5.74) is 2.44. The number of amides is 2. The number of carbonyl (C=O) groups excluding carboxylic acids is 2. The molecular formula is C17H23N5O2. The third kappa shape index (κ3) is 4.66. The maximum Gasteiger partial charge on any atom is 0.251 e. The van der Waals surface area contributed by atoms with Crippen molar-refractivity contribution >= 4 is 11.8 Å². The quantitative estimate of drug-likeness (QED) is 0.647. The maximum atomic E-state index is 12.2. The van der Waals surface area contributed by atoms with E-state index in [4.69, 9.17) is 0 Å². The molecule has 0 bridgehead atoms. The SMILES string of the molecule is CNC(C(=O)NCCNC(=O)c1cccc(C)c1)c1cnn(C)c1. The summed E-state index contributed by atoms with van der Waals surface area (Å²) in [7, 11) is 3.52. The van der Waals surface area contributed by atoms with E-state index in [9.17, 15) is 9.59 Å². The molecule has 0 saturated carbocycles. The van der Waals surface area contributed by atoms with Gasteiger partial charge in [-0.2, -0.15) is 5.10 Å². The standard InChI is InChI=1S/C17H23N5O2/c1-12-5-4-6-13(9-12)16(23)19-7-8-20-17(24)15(18-2)14-10-21-22(3)11-14/h4-6,9-11,15,18H,7-8H2,1-3H3,(H,19,23)(H,20,24). The highest BCUT2D eigenvalue weighted by Crippen LogP contribution is 2.10. The number of hydrogen-bond acceptors (Lipinski definition) is 4. The second kappa shape index (κ2) is 8.26. The first-order chi connectivity index (χ1) is 11.5. The lowest BCUT2D eigenvalue weighted by Crippen LogP contribution is -2.40. The Labute approximate surface area is 141 Å². The third-order valence-electron chi connectivity index (χ3n) is 3.60. The molecule has 1 unspecified atom stereocenters. The van der Waals surface area contributed by atoms with Crippen molar-refractivity contribution in [1.29, 1.82) is 0 Å². The first-order valence-corrected chi connectivity index (χ1v) is 7.79. The monoisotopic (exact) mass is 329 g/mol. The smallest absolute Gasteiger partial charge is 0.251 e. The van der Waals surface area contributed by atoms with Crippen molar-refractivity contribution < 1.29 is 9.59 Å². The number of rotatable bonds is 7. The summed E-state index contributed by atoms with van der Waals surface area (Å²) < 4.78 is 1.65. The summed E-state index contributed by atoms with van der Waals surface area (Å²) in [6.07, 6.45) is 3.44. The molecule has 0 aliphatic carbocycles. The molecule has 1 heterocycles. The van der Waals surface area contributed by atoms with Crippen molar-refractivity contribution in [1.82, 2.24) is 25.7 Å². The van der Waals surface area contributed by atoms with Crippen LogP contribution in [-0.4, -0.2) is 41.7 Å². The van der Waals surface area contributed by atoms with E-state index in [-0.39, 0.29) is 11.8 Å². The van der Waals surface area contributed by atoms with Gasteiger partial charge in [0.05, 0.1) is 6.20 Å². The van der Waals surface area contributed by atoms with E-state index in [1.165, 1.54) is 0 Å².